The molecule has 0 aromatic rings. The fourth-order valence-electron chi connectivity index (χ4n) is 6.75. The summed E-state index contributed by atoms with van der Waals surface area (Å²) < 4.78 is 22.8. The average molecular weight is 987 g/mol. The van der Waals surface area contributed by atoms with E-state index >= 15 is 0 Å². The molecule has 0 saturated carbocycles. The van der Waals surface area contributed by atoms with Gasteiger partial charge >= 0.3 is 17.9 Å². The van der Waals surface area contributed by atoms with Crippen LogP contribution >= 0.6 is 0 Å². The Balaban J connectivity index is 4.37. The van der Waals surface area contributed by atoms with Crippen LogP contribution in [-0.2, 0) is 33.3 Å². The number of carboxylic acid groups (broad SMARTS) is 1. The van der Waals surface area contributed by atoms with Crippen LogP contribution in [-0.4, -0.2) is 87.4 Å². The lowest BCUT2D eigenvalue weighted by Crippen LogP contribution is -2.40. The molecule has 0 saturated heterocycles. The first kappa shape index (κ1) is 66.4. The van der Waals surface area contributed by atoms with Gasteiger partial charge in [0.1, 0.15) is 13.2 Å². The number of carbonyl (C=O) groups is 3. The number of carbonyl (C=O) groups excluding carboxylic acids is 2. The molecule has 9 nitrogen and oxygen atoms in total. The summed E-state index contributed by atoms with van der Waals surface area (Å²) in [6.45, 7) is 4.57. The van der Waals surface area contributed by atoms with Gasteiger partial charge in [-0.3, -0.25) is 9.59 Å². The topological polar surface area (TPSA) is 108 Å². The highest BCUT2D eigenvalue weighted by Crippen LogP contribution is 2.13. The Morgan fingerprint density at radius 3 is 1.13 bits per heavy atom. The van der Waals surface area contributed by atoms with E-state index in [1.807, 2.05) is 21.1 Å². The third kappa shape index (κ3) is 53.1. The van der Waals surface area contributed by atoms with Gasteiger partial charge < -0.3 is 28.5 Å². The maximum Gasteiger partial charge on any atom is 0.361 e. The first-order chi connectivity index (χ1) is 34.6. The highest BCUT2D eigenvalue weighted by Gasteiger charge is 2.25. The number of hydrogen-bond donors (Lipinski definition) is 1. The van der Waals surface area contributed by atoms with Gasteiger partial charge in [-0.15, -0.1) is 0 Å². The Bertz CT molecular complexity index is 1620. The maximum atomic E-state index is 12.9. The van der Waals surface area contributed by atoms with Crippen LogP contribution in [0.4, 0.5) is 0 Å². The number of quaternary nitrogens is 1. The molecule has 0 aliphatic heterocycles. The molecule has 0 radical (unpaired) electrons. The van der Waals surface area contributed by atoms with Crippen molar-refractivity contribution in [1.29, 1.82) is 0 Å². The van der Waals surface area contributed by atoms with Gasteiger partial charge in [0.05, 0.1) is 34.4 Å². The van der Waals surface area contributed by atoms with E-state index in [1.165, 1.54) is 19.3 Å². The van der Waals surface area contributed by atoms with E-state index in [9.17, 15) is 19.5 Å². The zero-order valence-electron chi connectivity index (χ0n) is 45.3. The van der Waals surface area contributed by atoms with Crippen molar-refractivity contribution < 1.29 is 42.9 Å². The van der Waals surface area contributed by atoms with Gasteiger partial charge in [0.25, 0.3) is 6.29 Å². The predicted molar refractivity (Wildman–Crippen MR) is 299 cm³/mol. The quantitative estimate of drug-likeness (QED) is 0.0211. The largest absolute Gasteiger partial charge is 0.477 e. The van der Waals surface area contributed by atoms with Gasteiger partial charge in [-0.2, -0.15) is 0 Å². The molecular weight excluding hydrogens is 887 g/mol. The molecule has 400 valence electrons. The van der Waals surface area contributed by atoms with E-state index < -0.39 is 24.3 Å². The molecule has 71 heavy (non-hydrogen) atoms. The van der Waals surface area contributed by atoms with Crippen molar-refractivity contribution in [2.24, 2.45) is 0 Å². The fraction of sp³-hybridized carbons (Fsp3) is 0.597. The van der Waals surface area contributed by atoms with Crippen molar-refractivity contribution >= 4 is 17.9 Å². The van der Waals surface area contributed by atoms with Crippen LogP contribution in [0.1, 0.15) is 181 Å². The Labute approximate surface area is 433 Å². The predicted octanol–water partition coefficient (Wildman–Crippen LogP) is 15.9. The van der Waals surface area contributed by atoms with Gasteiger partial charge in [0.2, 0.25) is 0 Å². The second-order valence-corrected chi connectivity index (χ2v) is 18.8. The molecule has 9 heteroatoms. The Morgan fingerprint density at radius 2 is 0.761 bits per heavy atom. The number of esters is 2. The fourth-order valence-corrected chi connectivity index (χ4v) is 6.75. The second kappa shape index (κ2) is 51.8. The molecule has 2 atom stereocenters. The van der Waals surface area contributed by atoms with Crippen LogP contribution in [0.15, 0.2) is 134 Å². The van der Waals surface area contributed by atoms with Crippen molar-refractivity contribution in [3.8, 4) is 0 Å². The smallest absolute Gasteiger partial charge is 0.361 e. The summed E-state index contributed by atoms with van der Waals surface area (Å²) in [4.78, 5) is 37.4. The number of aliphatic carboxylic acids is 1. The summed E-state index contributed by atoms with van der Waals surface area (Å²) in [5, 5.41) is 9.69. The molecule has 2 unspecified atom stereocenters. The standard InChI is InChI=1S/C62H99NO8/c1-6-8-10-12-14-16-18-20-22-24-25-26-27-28-29-30-31-32-33-34-35-37-39-41-43-45-47-49-51-53-60(65)71-58(57-70-62(61(66)67)68-55-54-63(3,4)5)56-69-59(64)52-50-48-46-44-42-40-38-36-23-21-19-17-15-13-11-9-7-2/h8-11,14-17,20-23,25-26,28-29,31-32,34-35,38,40,58,62H,6-7,12-13,18-19,24,27,30,33,36-37,39,41-57H2,1-5H3/p+1/b10-8-,11-9-,16-14-,17-15-,22-20-,23-21-,26-25-,29-28-,32-31-,35-34-,40-38-. The lowest BCUT2D eigenvalue weighted by molar-refractivity contribution is -0.870. The summed E-state index contributed by atoms with van der Waals surface area (Å²) in [6, 6.07) is 0. The molecule has 0 spiro atoms. The summed E-state index contributed by atoms with van der Waals surface area (Å²) in [7, 11) is 5.94. The van der Waals surface area contributed by atoms with Gasteiger partial charge in [0.15, 0.2) is 6.10 Å². The molecule has 1 N–H and O–H groups in total. The maximum absolute atomic E-state index is 12.9. The van der Waals surface area contributed by atoms with Crippen LogP contribution in [0.2, 0.25) is 0 Å². The van der Waals surface area contributed by atoms with Crippen molar-refractivity contribution in [3.63, 3.8) is 0 Å². The van der Waals surface area contributed by atoms with Gasteiger partial charge in [-0.25, -0.2) is 4.79 Å². The minimum Gasteiger partial charge on any atom is -0.477 e. The summed E-state index contributed by atoms with van der Waals surface area (Å²) in [6.07, 6.45) is 70.9. The molecule has 0 aliphatic rings. The number of carboxylic acids is 1. The number of ether oxygens (including phenoxy) is 4. The highest BCUT2D eigenvalue weighted by molar-refractivity contribution is 5.71. The first-order valence-corrected chi connectivity index (χ1v) is 27.3. The van der Waals surface area contributed by atoms with Crippen LogP contribution in [0.3, 0.4) is 0 Å². The number of nitrogens with zero attached hydrogens (tertiary/aromatic N) is 1. The molecule has 0 fully saturated rings. The van der Waals surface area contributed by atoms with E-state index in [1.54, 1.807) is 0 Å². The molecule has 0 rings (SSSR count). The molecular formula is C62H100NO8+. The Morgan fingerprint density at radius 1 is 0.423 bits per heavy atom. The van der Waals surface area contributed by atoms with Crippen molar-refractivity contribution in [3.05, 3.63) is 134 Å². The van der Waals surface area contributed by atoms with Crippen molar-refractivity contribution in [1.82, 2.24) is 0 Å². The van der Waals surface area contributed by atoms with Gasteiger partial charge in [-0.05, 0) is 109 Å². The number of unbranched alkanes of at least 4 members (excludes halogenated alkanes) is 11. The number of rotatable bonds is 48. The van der Waals surface area contributed by atoms with E-state index in [0.29, 0.717) is 23.9 Å². The minimum atomic E-state index is -1.53. The van der Waals surface area contributed by atoms with E-state index in [4.69, 9.17) is 18.9 Å². The van der Waals surface area contributed by atoms with Crippen LogP contribution < -0.4 is 0 Å². The zero-order valence-corrected chi connectivity index (χ0v) is 45.3. The third-order valence-corrected chi connectivity index (χ3v) is 10.9. The monoisotopic (exact) mass is 987 g/mol. The summed E-state index contributed by atoms with van der Waals surface area (Å²) >= 11 is 0. The number of allylic oxidation sites excluding steroid dienone is 22. The third-order valence-electron chi connectivity index (χ3n) is 10.9. The number of hydrogen-bond acceptors (Lipinski definition) is 7. The van der Waals surface area contributed by atoms with Crippen molar-refractivity contribution in [2.75, 3.05) is 47.5 Å². The first-order valence-electron chi connectivity index (χ1n) is 27.3. The van der Waals surface area contributed by atoms with Gasteiger partial charge in [0, 0.05) is 12.8 Å². The lowest BCUT2D eigenvalue weighted by Gasteiger charge is -2.25. The van der Waals surface area contributed by atoms with Gasteiger partial charge in [-0.1, -0.05) is 192 Å². The van der Waals surface area contributed by atoms with Crippen LogP contribution in [0, 0.1) is 0 Å². The number of likely N-dealkylation sites (N-methyl/N-ethyl adjacent to an activating group) is 1. The summed E-state index contributed by atoms with van der Waals surface area (Å²) in [5.74, 6) is -2.07. The molecule has 0 aliphatic carbocycles. The minimum absolute atomic E-state index is 0.173. The zero-order chi connectivity index (χ0) is 52.0. The van der Waals surface area contributed by atoms with Crippen LogP contribution in [0.25, 0.3) is 0 Å². The Hall–Kier alpha value is -4.57. The highest BCUT2D eigenvalue weighted by atomic mass is 16.7. The molecule has 0 aromatic carbocycles. The van der Waals surface area contributed by atoms with Crippen LogP contribution in [0.5, 0.6) is 0 Å². The average Bonchev–Trinajstić information content (AvgIpc) is 3.34. The second-order valence-electron chi connectivity index (χ2n) is 18.8. The normalized spacial score (nSPS) is 13.9. The molecule has 0 amide bonds. The summed E-state index contributed by atoms with van der Waals surface area (Å²) in [5.41, 5.74) is 0. The molecule has 0 bridgehead atoms. The van der Waals surface area contributed by atoms with E-state index in [0.717, 1.165) is 122 Å². The molecule has 0 heterocycles. The Kier molecular flexibility index (Phi) is 48.4. The lowest BCUT2D eigenvalue weighted by atomic mass is 10.1. The van der Waals surface area contributed by atoms with E-state index in [-0.39, 0.29) is 38.6 Å². The van der Waals surface area contributed by atoms with Crippen molar-refractivity contribution in [2.45, 2.75) is 193 Å². The SMILES string of the molecule is CC/C=C\C/C=C\C/C=C\C/C=C\C/C=C\C/C=C\C/C=C\CCCCCCCCCC(=O)OC(COC(=O)CCCCCC/C=C\C/C=C\C/C=C\C/C=C\CC)COC(OCC[N+](C)(C)C)C(=O)O. The molecule has 0 aromatic heterocycles. The van der Waals surface area contributed by atoms with E-state index in [2.05, 4.69) is 148 Å².